The number of amides is 1. The SMILES string of the molecule is Nc1ccc(F)c(C(=O)NCCc2ccccn2)c1. The molecule has 1 heterocycles. The molecule has 3 N–H and O–H groups in total. The molecule has 0 unspecified atom stereocenters. The van der Waals surface area contributed by atoms with Gasteiger partial charge in [-0.2, -0.15) is 0 Å². The number of nitrogens with zero attached hydrogens (tertiary/aromatic N) is 1. The van der Waals surface area contributed by atoms with Gasteiger partial charge < -0.3 is 11.1 Å². The Morgan fingerprint density at radius 1 is 1.32 bits per heavy atom. The van der Waals surface area contributed by atoms with Crippen molar-refractivity contribution in [2.45, 2.75) is 6.42 Å². The summed E-state index contributed by atoms with van der Waals surface area (Å²) < 4.78 is 13.4. The summed E-state index contributed by atoms with van der Waals surface area (Å²) in [7, 11) is 0. The molecule has 0 saturated carbocycles. The Morgan fingerprint density at radius 2 is 2.16 bits per heavy atom. The molecule has 0 saturated heterocycles. The average molecular weight is 259 g/mol. The van der Waals surface area contributed by atoms with Crippen LogP contribution in [0, 0.1) is 5.82 Å². The molecule has 19 heavy (non-hydrogen) atoms. The molecule has 0 aliphatic carbocycles. The van der Waals surface area contributed by atoms with Gasteiger partial charge in [-0.15, -0.1) is 0 Å². The molecule has 5 heteroatoms. The highest BCUT2D eigenvalue weighted by Gasteiger charge is 2.11. The monoisotopic (exact) mass is 259 g/mol. The summed E-state index contributed by atoms with van der Waals surface area (Å²) in [5, 5.41) is 2.64. The lowest BCUT2D eigenvalue weighted by Gasteiger charge is -2.06. The zero-order valence-electron chi connectivity index (χ0n) is 10.3. The number of nitrogen functional groups attached to an aromatic ring is 1. The third kappa shape index (κ3) is 3.51. The van der Waals surface area contributed by atoms with Crippen molar-refractivity contribution in [3.8, 4) is 0 Å². The molecule has 0 aliphatic heterocycles. The summed E-state index contributed by atoms with van der Waals surface area (Å²) >= 11 is 0. The second-order valence-corrected chi connectivity index (χ2v) is 4.07. The molecule has 1 aromatic heterocycles. The fourth-order valence-corrected chi connectivity index (χ4v) is 1.66. The Balaban J connectivity index is 1.93. The van der Waals surface area contributed by atoms with Gasteiger partial charge in [0.25, 0.3) is 5.91 Å². The summed E-state index contributed by atoms with van der Waals surface area (Å²) in [5.74, 6) is -1.05. The second-order valence-electron chi connectivity index (χ2n) is 4.07. The van der Waals surface area contributed by atoms with Crippen LogP contribution in [-0.2, 0) is 6.42 Å². The van der Waals surface area contributed by atoms with Crippen molar-refractivity contribution in [1.82, 2.24) is 10.3 Å². The lowest BCUT2D eigenvalue weighted by Crippen LogP contribution is -2.26. The minimum atomic E-state index is -0.579. The van der Waals surface area contributed by atoms with Gasteiger partial charge in [0.1, 0.15) is 5.82 Å². The van der Waals surface area contributed by atoms with Gasteiger partial charge in [0, 0.05) is 30.5 Å². The number of anilines is 1. The number of aromatic nitrogens is 1. The molecule has 1 aromatic carbocycles. The molecule has 0 atom stereocenters. The lowest BCUT2D eigenvalue weighted by atomic mass is 10.1. The molecular formula is C14H14FN3O. The maximum Gasteiger partial charge on any atom is 0.254 e. The molecule has 1 amide bonds. The van der Waals surface area contributed by atoms with Gasteiger partial charge in [-0.1, -0.05) is 6.07 Å². The molecule has 2 rings (SSSR count). The van der Waals surface area contributed by atoms with Gasteiger partial charge in [-0.3, -0.25) is 9.78 Å². The van der Waals surface area contributed by atoms with Gasteiger partial charge in [-0.25, -0.2) is 4.39 Å². The highest BCUT2D eigenvalue weighted by Crippen LogP contribution is 2.11. The zero-order chi connectivity index (χ0) is 13.7. The highest BCUT2D eigenvalue weighted by atomic mass is 19.1. The van der Waals surface area contributed by atoms with E-state index in [0.29, 0.717) is 18.7 Å². The summed E-state index contributed by atoms with van der Waals surface area (Å²) in [6.45, 7) is 0.393. The number of nitrogens with two attached hydrogens (primary N) is 1. The van der Waals surface area contributed by atoms with Crippen LogP contribution in [0.3, 0.4) is 0 Å². The molecular weight excluding hydrogens is 245 g/mol. The van der Waals surface area contributed by atoms with E-state index < -0.39 is 11.7 Å². The number of pyridine rings is 1. The van der Waals surface area contributed by atoms with Crippen LogP contribution >= 0.6 is 0 Å². The molecule has 0 aliphatic rings. The predicted molar refractivity (Wildman–Crippen MR) is 71.1 cm³/mol. The highest BCUT2D eigenvalue weighted by molar-refractivity contribution is 5.95. The van der Waals surface area contributed by atoms with Crippen molar-refractivity contribution in [3.05, 3.63) is 59.7 Å². The molecule has 4 nitrogen and oxygen atoms in total. The van der Waals surface area contributed by atoms with Crippen molar-refractivity contribution >= 4 is 11.6 Å². The standard InChI is InChI=1S/C14H14FN3O/c15-13-5-4-10(16)9-12(13)14(19)18-8-6-11-3-1-2-7-17-11/h1-5,7,9H,6,8,16H2,(H,18,19). The minimum Gasteiger partial charge on any atom is -0.399 e. The number of nitrogens with one attached hydrogen (secondary N) is 1. The van der Waals surface area contributed by atoms with Crippen molar-refractivity contribution < 1.29 is 9.18 Å². The number of carbonyl (C=O) groups is 1. The smallest absolute Gasteiger partial charge is 0.254 e. The normalized spacial score (nSPS) is 10.2. The van der Waals surface area contributed by atoms with E-state index in [1.165, 1.54) is 18.2 Å². The van der Waals surface area contributed by atoms with Crippen LogP contribution in [-0.4, -0.2) is 17.4 Å². The first-order valence-corrected chi connectivity index (χ1v) is 5.90. The van der Waals surface area contributed by atoms with E-state index in [2.05, 4.69) is 10.3 Å². The fraction of sp³-hybridized carbons (Fsp3) is 0.143. The Bertz CT molecular complexity index is 572. The fourth-order valence-electron chi connectivity index (χ4n) is 1.66. The van der Waals surface area contributed by atoms with Gasteiger partial charge in [-0.05, 0) is 30.3 Å². The van der Waals surface area contributed by atoms with Gasteiger partial charge >= 0.3 is 0 Å². The van der Waals surface area contributed by atoms with Crippen LogP contribution in [0.4, 0.5) is 10.1 Å². The first-order valence-electron chi connectivity index (χ1n) is 5.90. The van der Waals surface area contributed by atoms with Crippen molar-refractivity contribution in [3.63, 3.8) is 0 Å². The van der Waals surface area contributed by atoms with E-state index in [0.717, 1.165) is 5.69 Å². The van der Waals surface area contributed by atoms with Crippen LogP contribution in [0.25, 0.3) is 0 Å². The quantitative estimate of drug-likeness (QED) is 0.822. The summed E-state index contributed by atoms with van der Waals surface area (Å²) in [4.78, 5) is 15.9. The number of benzene rings is 1. The summed E-state index contributed by atoms with van der Waals surface area (Å²) in [5.41, 5.74) is 6.72. The average Bonchev–Trinajstić information content (AvgIpc) is 2.42. The number of hydrogen-bond donors (Lipinski definition) is 2. The maximum absolute atomic E-state index is 13.4. The van der Waals surface area contributed by atoms with E-state index in [9.17, 15) is 9.18 Å². The van der Waals surface area contributed by atoms with E-state index in [1.807, 2.05) is 18.2 Å². The van der Waals surface area contributed by atoms with Gasteiger partial charge in [0.05, 0.1) is 5.56 Å². The van der Waals surface area contributed by atoms with E-state index in [-0.39, 0.29) is 5.56 Å². The number of rotatable bonds is 4. The van der Waals surface area contributed by atoms with Crippen molar-refractivity contribution in [2.24, 2.45) is 0 Å². The van der Waals surface area contributed by atoms with E-state index >= 15 is 0 Å². The van der Waals surface area contributed by atoms with E-state index in [1.54, 1.807) is 6.20 Å². The van der Waals surface area contributed by atoms with Crippen LogP contribution in [0.2, 0.25) is 0 Å². The van der Waals surface area contributed by atoms with Crippen molar-refractivity contribution in [1.29, 1.82) is 0 Å². The second kappa shape index (κ2) is 5.95. The minimum absolute atomic E-state index is 0.0407. The zero-order valence-corrected chi connectivity index (χ0v) is 10.3. The molecule has 98 valence electrons. The molecule has 0 fully saturated rings. The largest absolute Gasteiger partial charge is 0.399 e. The van der Waals surface area contributed by atoms with Crippen LogP contribution in [0.15, 0.2) is 42.6 Å². The third-order valence-corrected chi connectivity index (χ3v) is 2.63. The lowest BCUT2D eigenvalue weighted by molar-refractivity contribution is 0.0950. The number of halogens is 1. The number of hydrogen-bond acceptors (Lipinski definition) is 3. The summed E-state index contributed by atoms with van der Waals surface area (Å²) in [6, 6.07) is 9.49. The van der Waals surface area contributed by atoms with Gasteiger partial charge in [0.2, 0.25) is 0 Å². The first-order chi connectivity index (χ1) is 9.16. The first kappa shape index (κ1) is 13.0. The van der Waals surface area contributed by atoms with Gasteiger partial charge in [0.15, 0.2) is 0 Å². The molecule has 0 radical (unpaired) electrons. The van der Waals surface area contributed by atoms with Crippen LogP contribution in [0.5, 0.6) is 0 Å². The Kier molecular flexibility index (Phi) is 4.07. The summed E-state index contributed by atoms with van der Waals surface area (Å²) in [6.07, 6.45) is 2.28. The Labute approximate surface area is 110 Å². The maximum atomic E-state index is 13.4. The topological polar surface area (TPSA) is 68.0 Å². The Morgan fingerprint density at radius 3 is 2.89 bits per heavy atom. The molecule has 0 spiro atoms. The van der Waals surface area contributed by atoms with E-state index in [4.69, 9.17) is 5.73 Å². The predicted octanol–water partition coefficient (Wildman–Crippen LogP) is 1.78. The third-order valence-electron chi connectivity index (χ3n) is 2.63. The molecule has 2 aromatic rings. The van der Waals surface area contributed by atoms with Crippen LogP contribution < -0.4 is 11.1 Å². The molecule has 0 bridgehead atoms. The number of carbonyl (C=O) groups excluding carboxylic acids is 1. The van der Waals surface area contributed by atoms with Crippen LogP contribution in [0.1, 0.15) is 16.1 Å². The van der Waals surface area contributed by atoms with Crippen molar-refractivity contribution in [2.75, 3.05) is 12.3 Å². The Hall–Kier alpha value is -2.43.